The van der Waals surface area contributed by atoms with Crippen molar-refractivity contribution in [1.29, 1.82) is 0 Å². The zero-order valence-corrected chi connectivity index (χ0v) is 24.8. The maximum absolute atomic E-state index is 14.1. The first-order chi connectivity index (χ1) is 19.1. The molecule has 0 aliphatic heterocycles. The van der Waals surface area contributed by atoms with E-state index in [0.29, 0.717) is 18.7 Å². The Morgan fingerprint density at radius 3 is 2.27 bits per heavy atom. The molecule has 0 saturated carbocycles. The van der Waals surface area contributed by atoms with Gasteiger partial charge in [-0.1, -0.05) is 67.9 Å². The SMILES string of the molecule is CCCNC(=O)C(CC)N(Cc1ccccc1C)C(=O)CN(c1ccc(OC)c(Cl)c1)S(=O)(=O)c1ccccc1. The van der Waals surface area contributed by atoms with Crippen LogP contribution in [-0.2, 0) is 26.2 Å². The van der Waals surface area contributed by atoms with Crippen LogP contribution in [0.15, 0.2) is 77.7 Å². The number of ether oxygens (including phenoxy) is 1. The minimum absolute atomic E-state index is 0.0212. The number of anilines is 1. The molecule has 0 radical (unpaired) electrons. The molecule has 0 aliphatic rings. The van der Waals surface area contributed by atoms with Crippen molar-refractivity contribution >= 4 is 39.1 Å². The molecular weight excluding hydrogens is 550 g/mol. The van der Waals surface area contributed by atoms with Crippen LogP contribution in [0.1, 0.15) is 37.8 Å². The molecule has 2 amide bonds. The van der Waals surface area contributed by atoms with E-state index in [1.54, 1.807) is 24.3 Å². The maximum Gasteiger partial charge on any atom is 0.264 e. The number of nitrogens with one attached hydrogen (secondary N) is 1. The van der Waals surface area contributed by atoms with Crippen molar-refractivity contribution in [2.45, 2.75) is 51.1 Å². The van der Waals surface area contributed by atoms with Crippen LogP contribution in [0.4, 0.5) is 5.69 Å². The van der Waals surface area contributed by atoms with Gasteiger partial charge >= 0.3 is 0 Å². The van der Waals surface area contributed by atoms with Gasteiger partial charge in [0, 0.05) is 13.1 Å². The Hall–Kier alpha value is -3.56. The molecule has 0 bridgehead atoms. The molecule has 8 nitrogen and oxygen atoms in total. The van der Waals surface area contributed by atoms with Gasteiger partial charge in [-0.15, -0.1) is 0 Å². The van der Waals surface area contributed by atoms with Crippen LogP contribution in [0, 0.1) is 6.92 Å². The van der Waals surface area contributed by atoms with Gasteiger partial charge in [0.05, 0.1) is 22.7 Å². The van der Waals surface area contributed by atoms with Crippen molar-refractivity contribution in [3.8, 4) is 5.75 Å². The molecule has 0 saturated heterocycles. The number of halogens is 1. The smallest absolute Gasteiger partial charge is 0.264 e. The third-order valence-corrected chi connectivity index (χ3v) is 8.65. The van der Waals surface area contributed by atoms with Crippen molar-refractivity contribution in [3.05, 3.63) is 88.9 Å². The molecule has 3 aromatic carbocycles. The Bertz CT molecular complexity index is 1420. The molecule has 3 aromatic rings. The summed E-state index contributed by atoms with van der Waals surface area (Å²) in [5.74, 6) is -0.432. The Balaban J connectivity index is 2.08. The number of carbonyl (C=O) groups excluding carboxylic acids is 2. The minimum Gasteiger partial charge on any atom is -0.495 e. The largest absolute Gasteiger partial charge is 0.495 e. The number of hydrogen-bond acceptors (Lipinski definition) is 5. The van der Waals surface area contributed by atoms with Crippen LogP contribution in [-0.4, -0.2) is 51.4 Å². The Morgan fingerprint density at radius 2 is 1.68 bits per heavy atom. The van der Waals surface area contributed by atoms with Crippen molar-refractivity contribution in [2.75, 3.05) is 24.5 Å². The summed E-state index contributed by atoms with van der Waals surface area (Å²) < 4.78 is 34.0. The number of methoxy groups -OCH3 is 1. The monoisotopic (exact) mass is 585 g/mol. The molecule has 3 rings (SSSR count). The highest BCUT2D eigenvalue weighted by Crippen LogP contribution is 2.32. The predicted molar refractivity (Wildman–Crippen MR) is 158 cm³/mol. The van der Waals surface area contributed by atoms with E-state index in [-0.39, 0.29) is 28.1 Å². The van der Waals surface area contributed by atoms with E-state index < -0.39 is 28.5 Å². The maximum atomic E-state index is 14.1. The summed E-state index contributed by atoms with van der Waals surface area (Å²) in [6, 6.07) is 19.2. The van der Waals surface area contributed by atoms with Crippen molar-refractivity contribution in [1.82, 2.24) is 10.2 Å². The standard InChI is InChI=1S/C30H36ClN3O5S/c1-5-18-32-30(36)27(6-2)33(20-23-13-11-10-12-22(23)3)29(35)21-34(24-16-17-28(39-4)26(31)19-24)40(37,38)25-14-8-7-9-15-25/h7-17,19,27H,5-6,18,20-21H2,1-4H3,(H,32,36). The van der Waals surface area contributed by atoms with E-state index in [0.717, 1.165) is 21.9 Å². The Kier molecular flexibility index (Phi) is 11.0. The van der Waals surface area contributed by atoms with Gasteiger partial charge in [-0.3, -0.25) is 13.9 Å². The molecule has 214 valence electrons. The lowest BCUT2D eigenvalue weighted by molar-refractivity contribution is -0.140. The van der Waals surface area contributed by atoms with Gasteiger partial charge in [0.1, 0.15) is 18.3 Å². The van der Waals surface area contributed by atoms with Gasteiger partial charge in [0.2, 0.25) is 11.8 Å². The second-order valence-electron chi connectivity index (χ2n) is 9.31. The summed E-state index contributed by atoms with van der Waals surface area (Å²) in [7, 11) is -2.72. The van der Waals surface area contributed by atoms with Gasteiger partial charge in [-0.25, -0.2) is 8.42 Å². The first-order valence-electron chi connectivity index (χ1n) is 13.2. The van der Waals surface area contributed by atoms with Gasteiger partial charge in [0.15, 0.2) is 0 Å². The fraction of sp³-hybridized carbons (Fsp3) is 0.333. The third-order valence-electron chi connectivity index (χ3n) is 6.57. The van der Waals surface area contributed by atoms with E-state index in [4.69, 9.17) is 16.3 Å². The van der Waals surface area contributed by atoms with Crippen molar-refractivity contribution in [3.63, 3.8) is 0 Å². The number of nitrogens with zero attached hydrogens (tertiary/aromatic N) is 2. The molecule has 0 aromatic heterocycles. The van der Waals surface area contributed by atoms with E-state index in [1.807, 2.05) is 45.0 Å². The summed E-state index contributed by atoms with van der Waals surface area (Å²) in [4.78, 5) is 28.8. The normalized spacial score (nSPS) is 11.9. The highest BCUT2D eigenvalue weighted by molar-refractivity contribution is 7.92. The number of carbonyl (C=O) groups is 2. The third kappa shape index (κ3) is 7.34. The summed E-state index contributed by atoms with van der Waals surface area (Å²) in [5, 5.41) is 3.08. The molecule has 1 atom stereocenters. The topological polar surface area (TPSA) is 96.0 Å². The highest BCUT2D eigenvalue weighted by atomic mass is 35.5. The van der Waals surface area contributed by atoms with Crippen LogP contribution in [0.5, 0.6) is 5.75 Å². The van der Waals surface area contributed by atoms with Crippen molar-refractivity contribution in [2.24, 2.45) is 0 Å². The number of hydrogen-bond donors (Lipinski definition) is 1. The lowest BCUT2D eigenvalue weighted by Crippen LogP contribution is -2.52. The quantitative estimate of drug-likeness (QED) is 0.298. The summed E-state index contributed by atoms with van der Waals surface area (Å²) in [6.07, 6.45) is 1.10. The minimum atomic E-state index is -4.18. The number of amides is 2. The lowest BCUT2D eigenvalue weighted by atomic mass is 10.1. The van der Waals surface area contributed by atoms with Gasteiger partial charge in [0.25, 0.3) is 10.0 Å². The van der Waals surface area contributed by atoms with Crippen LogP contribution < -0.4 is 14.4 Å². The van der Waals surface area contributed by atoms with Crippen LogP contribution in [0.2, 0.25) is 5.02 Å². The van der Waals surface area contributed by atoms with Gasteiger partial charge < -0.3 is 15.0 Å². The van der Waals surface area contributed by atoms with E-state index in [9.17, 15) is 18.0 Å². The molecule has 10 heteroatoms. The predicted octanol–water partition coefficient (Wildman–Crippen LogP) is 5.19. The zero-order valence-electron chi connectivity index (χ0n) is 23.3. The highest BCUT2D eigenvalue weighted by Gasteiger charge is 2.34. The average molecular weight is 586 g/mol. The molecule has 1 unspecified atom stereocenters. The molecule has 1 N–H and O–H groups in total. The molecular formula is C30H36ClN3O5S. The second kappa shape index (κ2) is 14.2. The molecule has 0 aliphatic carbocycles. The summed E-state index contributed by atoms with van der Waals surface area (Å²) >= 11 is 6.36. The molecule has 40 heavy (non-hydrogen) atoms. The van der Waals surface area contributed by atoms with E-state index in [1.165, 1.54) is 36.3 Å². The van der Waals surface area contributed by atoms with Crippen LogP contribution in [0.25, 0.3) is 0 Å². The zero-order chi connectivity index (χ0) is 29.3. The summed E-state index contributed by atoms with van der Waals surface area (Å²) in [5.41, 5.74) is 2.02. The van der Waals surface area contributed by atoms with Crippen molar-refractivity contribution < 1.29 is 22.7 Å². The Morgan fingerprint density at radius 1 is 1.00 bits per heavy atom. The number of sulfonamides is 1. The first kappa shape index (κ1) is 31.0. The second-order valence-corrected chi connectivity index (χ2v) is 11.6. The fourth-order valence-corrected chi connectivity index (χ4v) is 5.99. The molecule has 0 spiro atoms. The number of rotatable bonds is 13. The van der Waals surface area contributed by atoms with E-state index >= 15 is 0 Å². The van der Waals surface area contributed by atoms with Crippen LogP contribution >= 0.6 is 11.6 Å². The Labute approximate surface area is 241 Å². The molecule has 0 fully saturated rings. The fourth-order valence-electron chi connectivity index (χ4n) is 4.32. The number of aryl methyl sites for hydroxylation is 1. The van der Waals surface area contributed by atoms with Gasteiger partial charge in [-0.2, -0.15) is 0 Å². The number of benzene rings is 3. The first-order valence-corrected chi connectivity index (χ1v) is 15.0. The summed E-state index contributed by atoms with van der Waals surface area (Å²) in [6.45, 7) is 5.79. The van der Waals surface area contributed by atoms with E-state index in [2.05, 4.69) is 5.32 Å². The van der Waals surface area contributed by atoms with Gasteiger partial charge in [-0.05, 0) is 61.2 Å². The lowest BCUT2D eigenvalue weighted by Gasteiger charge is -2.33. The molecule has 0 heterocycles. The van der Waals surface area contributed by atoms with Crippen LogP contribution in [0.3, 0.4) is 0 Å². The average Bonchev–Trinajstić information content (AvgIpc) is 2.95.